The summed E-state index contributed by atoms with van der Waals surface area (Å²) in [7, 11) is 0. The molecule has 0 bridgehead atoms. The molecule has 1 aromatic heterocycles. The number of likely N-dealkylation sites (tertiary alicyclic amines) is 1. The molecular formula is C19H28ClN5O2. The van der Waals surface area contributed by atoms with Gasteiger partial charge in [0.25, 0.3) is 5.91 Å². The summed E-state index contributed by atoms with van der Waals surface area (Å²) in [6.45, 7) is 8.14. The van der Waals surface area contributed by atoms with Crippen molar-refractivity contribution in [3.05, 3.63) is 22.8 Å². The first kappa shape index (κ1) is 19.9. The highest BCUT2D eigenvalue weighted by molar-refractivity contribution is 6.33. The lowest BCUT2D eigenvalue weighted by atomic mass is 10.1. The molecule has 3 heterocycles. The SMILES string of the molecule is CC(=O)N1CCN(CCNc2ncc(C(=O)N3CCCCC3)cc2Cl)CC1. The lowest BCUT2D eigenvalue weighted by molar-refractivity contribution is -0.130. The molecule has 2 amide bonds. The standard InChI is InChI=1S/C19H28ClN5O2/c1-15(26)24-11-9-23(10-12-24)8-5-21-18-17(20)13-16(14-22-18)19(27)25-6-3-2-4-7-25/h13-14H,2-12H2,1H3,(H,21,22). The highest BCUT2D eigenvalue weighted by Crippen LogP contribution is 2.22. The number of pyridine rings is 1. The van der Waals surface area contributed by atoms with E-state index in [1.54, 1.807) is 19.2 Å². The zero-order valence-electron chi connectivity index (χ0n) is 15.9. The van der Waals surface area contributed by atoms with Gasteiger partial charge in [-0.3, -0.25) is 14.5 Å². The van der Waals surface area contributed by atoms with Crippen molar-refractivity contribution in [3.63, 3.8) is 0 Å². The average Bonchev–Trinajstić information content (AvgIpc) is 2.69. The molecule has 0 atom stereocenters. The third-order valence-electron chi connectivity index (χ3n) is 5.27. The fraction of sp³-hybridized carbons (Fsp3) is 0.632. The van der Waals surface area contributed by atoms with Crippen molar-refractivity contribution in [3.8, 4) is 0 Å². The van der Waals surface area contributed by atoms with Crippen LogP contribution in [0.4, 0.5) is 5.82 Å². The zero-order valence-corrected chi connectivity index (χ0v) is 16.7. The minimum atomic E-state index is 0.0130. The second-order valence-electron chi connectivity index (χ2n) is 7.18. The van der Waals surface area contributed by atoms with E-state index >= 15 is 0 Å². The molecule has 3 rings (SSSR count). The summed E-state index contributed by atoms with van der Waals surface area (Å²) in [4.78, 5) is 34.3. The average molecular weight is 394 g/mol. The van der Waals surface area contributed by atoms with Crippen molar-refractivity contribution >= 4 is 29.2 Å². The van der Waals surface area contributed by atoms with Gasteiger partial charge in [-0.05, 0) is 25.3 Å². The van der Waals surface area contributed by atoms with Gasteiger partial charge < -0.3 is 15.1 Å². The van der Waals surface area contributed by atoms with Crippen molar-refractivity contribution in [1.29, 1.82) is 0 Å². The molecule has 0 aliphatic carbocycles. The summed E-state index contributed by atoms with van der Waals surface area (Å²) >= 11 is 6.33. The number of piperidine rings is 1. The van der Waals surface area contributed by atoms with E-state index < -0.39 is 0 Å². The van der Waals surface area contributed by atoms with Crippen LogP contribution in [0.25, 0.3) is 0 Å². The second-order valence-corrected chi connectivity index (χ2v) is 7.59. The number of carbonyl (C=O) groups excluding carboxylic acids is 2. The van der Waals surface area contributed by atoms with Crippen LogP contribution < -0.4 is 5.32 Å². The van der Waals surface area contributed by atoms with Crippen molar-refractivity contribution in [2.45, 2.75) is 26.2 Å². The maximum atomic E-state index is 12.5. The number of amides is 2. The number of rotatable bonds is 5. The van der Waals surface area contributed by atoms with Crippen LogP contribution in [0.15, 0.2) is 12.3 Å². The zero-order chi connectivity index (χ0) is 19.2. The van der Waals surface area contributed by atoms with E-state index in [0.717, 1.165) is 58.7 Å². The molecule has 2 aliphatic rings. The fourth-order valence-electron chi connectivity index (χ4n) is 3.58. The number of hydrogen-bond donors (Lipinski definition) is 1. The smallest absolute Gasteiger partial charge is 0.255 e. The Morgan fingerprint density at radius 3 is 2.41 bits per heavy atom. The molecular weight excluding hydrogens is 366 g/mol. The van der Waals surface area contributed by atoms with Gasteiger partial charge in [0, 0.05) is 65.5 Å². The van der Waals surface area contributed by atoms with Crippen LogP contribution in [-0.4, -0.2) is 83.9 Å². The van der Waals surface area contributed by atoms with E-state index in [2.05, 4.69) is 15.2 Å². The molecule has 1 aromatic rings. The first-order valence-corrected chi connectivity index (χ1v) is 10.1. The van der Waals surface area contributed by atoms with Gasteiger partial charge in [-0.1, -0.05) is 11.6 Å². The summed E-state index contributed by atoms with van der Waals surface area (Å²) < 4.78 is 0. The van der Waals surface area contributed by atoms with Gasteiger partial charge >= 0.3 is 0 Å². The minimum absolute atomic E-state index is 0.0130. The van der Waals surface area contributed by atoms with E-state index in [9.17, 15) is 9.59 Å². The van der Waals surface area contributed by atoms with Gasteiger partial charge in [-0.25, -0.2) is 4.98 Å². The van der Waals surface area contributed by atoms with E-state index in [1.807, 2.05) is 9.80 Å². The van der Waals surface area contributed by atoms with Gasteiger partial charge in [-0.15, -0.1) is 0 Å². The van der Waals surface area contributed by atoms with Gasteiger partial charge in [0.1, 0.15) is 5.82 Å². The molecule has 27 heavy (non-hydrogen) atoms. The van der Waals surface area contributed by atoms with E-state index in [1.165, 1.54) is 6.42 Å². The highest BCUT2D eigenvalue weighted by Gasteiger charge is 2.20. The Bertz CT molecular complexity index is 670. The third kappa shape index (κ3) is 5.32. The van der Waals surface area contributed by atoms with Crippen LogP contribution in [0.3, 0.4) is 0 Å². The molecule has 7 nitrogen and oxygen atoms in total. The van der Waals surface area contributed by atoms with Crippen LogP contribution in [0.5, 0.6) is 0 Å². The molecule has 0 aromatic carbocycles. The molecule has 2 aliphatic heterocycles. The number of anilines is 1. The molecule has 8 heteroatoms. The maximum absolute atomic E-state index is 12.5. The molecule has 0 spiro atoms. The lowest BCUT2D eigenvalue weighted by Gasteiger charge is -2.34. The number of aromatic nitrogens is 1. The minimum Gasteiger partial charge on any atom is -0.368 e. The monoisotopic (exact) mass is 393 g/mol. The largest absolute Gasteiger partial charge is 0.368 e. The Kier molecular flexibility index (Phi) is 6.90. The summed E-state index contributed by atoms with van der Waals surface area (Å²) in [5, 5.41) is 3.72. The Hall–Kier alpha value is -1.86. The van der Waals surface area contributed by atoms with E-state index in [4.69, 9.17) is 11.6 Å². The topological polar surface area (TPSA) is 68.8 Å². The summed E-state index contributed by atoms with van der Waals surface area (Å²) in [6, 6.07) is 1.71. The molecule has 0 unspecified atom stereocenters. The van der Waals surface area contributed by atoms with Crippen molar-refractivity contribution in [2.75, 3.05) is 57.7 Å². The molecule has 2 saturated heterocycles. The van der Waals surface area contributed by atoms with Gasteiger partial charge in [-0.2, -0.15) is 0 Å². The van der Waals surface area contributed by atoms with Crippen molar-refractivity contribution in [1.82, 2.24) is 19.7 Å². The van der Waals surface area contributed by atoms with Crippen LogP contribution in [-0.2, 0) is 4.79 Å². The number of hydrogen-bond acceptors (Lipinski definition) is 5. The first-order valence-electron chi connectivity index (χ1n) is 9.71. The summed E-state index contributed by atoms with van der Waals surface area (Å²) in [5.41, 5.74) is 0.549. The third-order valence-corrected chi connectivity index (χ3v) is 5.56. The predicted octanol–water partition coefficient (Wildman–Crippen LogP) is 1.94. The van der Waals surface area contributed by atoms with E-state index in [-0.39, 0.29) is 11.8 Å². The number of carbonyl (C=O) groups is 2. The first-order chi connectivity index (χ1) is 13.0. The fourth-order valence-corrected chi connectivity index (χ4v) is 3.82. The molecule has 2 fully saturated rings. The molecule has 1 N–H and O–H groups in total. The predicted molar refractivity (Wildman–Crippen MR) is 106 cm³/mol. The van der Waals surface area contributed by atoms with Crippen LogP contribution in [0.2, 0.25) is 5.02 Å². The molecule has 0 saturated carbocycles. The van der Waals surface area contributed by atoms with Crippen LogP contribution in [0, 0.1) is 0 Å². The second kappa shape index (κ2) is 9.37. The number of nitrogens with zero attached hydrogens (tertiary/aromatic N) is 4. The van der Waals surface area contributed by atoms with Gasteiger partial charge in [0.05, 0.1) is 10.6 Å². The van der Waals surface area contributed by atoms with Crippen molar-refractivity contribution < 1.29 is 9.59 Å². The molecule has 148 valence electrons. The normalized spacial score (nSPS) is 18.4. The van der Waals surface area contributed by atoms with Gasteiger partial charge in [0.2, 0.25) is 5.91 Å². The molecule has 0 radical (unpaired) electrons. The number of halogens is 1. The summed E-state index contributed by atoms with van der Waals surface area (Å²) in [5.74, 6) is 0.760. The van der Waals surface area contributed by atoms with Gasteiger partial charge in [0.15, 0.2) is 0 Å². The Balaban J connectivity index is 1.47. The quantitative estimate of drug-likeness (QED) is 0.827. The number of piperazine rings is 1. The Morgan fingerprint density at radius 2 is 1.78 bits per heavy atom. The van der Waals surface area contributed by atoms with Crippen LogP contribution in [0.1, 0.15) is 36.5 Å². The summed E-state index contributed by atoms with van der Waals surface area (Å²) in [6.07, 6.45) is 4.92. The highest BCUT2D eigenvalue weighted by atomic mass is 35.5. The van der Waals surface area contributed by atoms with Crippen molar-refractivity contribution in [2.24, 2.45) is 0 Å². The number of nitrogens with one attached hydrogen (secondary N) is 1. The Labute approximate surface area is 165 Å². The Morgan fingerprint density at radius 1 is 1.07 bits per heavy atom. The van der Waals surface area contributed by atoms with Crippen LogP contribution >= 0.6 is 11.6 Å². The van der Waals surface area contributed by atoms with E-state index in [0.29, 0.717) is 22.9 Å². The maximum Gasteiger partial charge on any atom is 0.255 e. The lowest BCUT2D eigenvalue weighted by Crippen LogP contribution is -2.49.